The molecule has 5 aromatic rings. The van der Waals surface area contributed by atoms with Gasteiger partial charge in [0.15, 0.2) is 0 Å². The van der Waals surface area contributed by atoms with Crippen molar-refractivity contribution < 1.29 is 4.74 Å². The number of ether oxygens (including phenoxy) is 1. The molecule has 0 fully saturated rings. The fraction of sp³-hybridized carbons (Fsp3) is 0.190. The summed E-state index contributed by atoms with van der Waals surface area (Å²) in [6, 6.07) is 9.79. The Kier molecular flexibility index (Phi) is 4.72. The number of hydrogen-bond acceptors (Lipinski definition) is 7. The molecule has 9 heteroatoms. The lowest BCUT2D eigenvalue weighted by atomic mass is 10.3. The maximum absolute atomic E-state index is 6.14. The highest BCUT2D eigenvalue weighted by Gasteiger charge is 2.17. The molecular weight excluding hydrogens is 398 g/mol. The molecule has 0 amide bonds. The van der Waals surface area contributed by atoms with Crippen LogP contribution in [0, 0.1) is 6.92 Å². The Labute approximate surface area is 177 Å². The van der Waals surface area contributed by atoms with E-state index in [-0.39, 0.29) is 0 Å². The molecule has 0 saturated heterocycles. The first kappa shape index (κ1) is 18.4. The maximum atomic E-state index is 6.14. The lowest BCUT2D eigenvalue weighted by molar-refractivity contribution is 0.291. The van der Waals surface area contributed by atoms with E-state index in [1.807, 2.05) is 55.2 Å². The van der Waals surface area contributed by atoms with Gasteiger partial charge in [0, 0.05) is 36.9 Å². The molecule has 0 aliphatic rings. The zero-order valence-electron chi connectivity index (χ0n) is 16.6. The van der Waals surface area contributed by atoms with E-state index >= 15 is 0 Å². The Morgan fingerprint density at radius 1 is 1.17 bits per heavy atom. The first-order chi connectivity index (χ1) is 14.7. The monoisotopic (exact) mass is 417 g/mol. The zero-order valence-corrected chi connectivity index (χ0v) is 17.4. The van der Waals surface area contributed by atoms with Crippen molar-refractivity contribution in [2.24, 2.45) is 7.05 Å². The summed E-state index contributed by atoms with van der Waals surface area (Å²) < 4.78 is 14.3. The quantitative estimate of drug-likeness (QED) is 0.421. The van der Waals surface area contributed by atoms with Gasteiger partial charge in [-0.15, -0.1) is 0 Å². The topological polar surface area (TPSA) is 83.5 Å². The average molecular weight is 417 g/mol. The highest BCUT2D eigenvalue weighted by Crippen LogP contribution is 2.28. The van der Waals surface area contributed by atoms with Gasteiger partial charge in [-0.2, -0.15) is 14.5 Å². The van der Waals surface area contributed by atoms with Gasteiger partial charge in [0.25, 0.3) is 0 Å². The van der Waals surface area contributed by atoms with Gasteiger partial charge in [0.1, 0.15) is 17.9 Å². The van der Waals surface area contributed by atoms with Crippen molar-refractivity contribution in [3.63, 3.8) is 0 Å². The molecule has 0 aromatic carbocycles. The van der Waals surface area contributed by atoms with Crippen LogP contribution in [0.15, 0.2) is 55.1 Å². The predicted molar refractivity (Wildman–Crippen MR) is 114 cm³/mol. The highest BCUT2D eigenvalue weighted by molar-refractivity contribution is 7.05. The van der Waals surface area contributed by atoms with E-state index in [1.54, 1.807) is 17.1 Å². The zero-order chi connectivity index (χ0) is 20.5. The molecule has 0 radical (unpaired) electrons. The molecular formula is C21H19N7OS. The molecule has 5 rings (SSSR count). The van der Waals surface area contributed by atoms with Gasteiger partial charge in [0.2, 0.25) is 5.88 Å². The van der Waals surface area contributed by atoms with Crippen LogP contribution in [0.25, 0.3) is 16.7 Å². The molecule has 0 aliphatic carbocycles. The smallest absolute Gasteiger partial charge is 0.242 e. The third kappa shape index (κ3) is 3.67. The largest absolute Gasteiger partial charge is 0.470 e. The van der Waals surface area contributed by atoms with Crippen molar-refractivity contribution in [1.82, 2.24) is 33.7 Å². The Morgan fingerprint density at radius 3 is 2.83 bits per heavy atom. The molecule has 8 nitrogen and oxygen atoms in total. The number of nitrogens with zero attached hydrogens (tertiary/aromatic N) is 7. The van der Waals surface area contributed by atoms with Crippen molar-refractivity contribution in [2.75, 3.05) is 0 Å². The van der Waals surface area contributed by atoms with Crippen LogP contribution < -0.4 is 4.74 Å². The molecule has 0 spiro atoms. The molecule has 0 aliphatic heterocycles. The van der Waals surface area contributed by atoms with Crippen molar-refractivity contribution in [3.8, 4) is 11.6 Å². The number of pyridine rings is 1. The second-order valence-electron chi connectivity index (χ2n) is 6.96. The van der Waals surface area contributed by atoms with Gasteiger partial charge in [-0.05, 0) is 42.7 Å². The number of rotatable bonds is 6. The van der Waals surface area contributed by atoms with Crippen molar-refractivity contribution in [1.29, 1.82) is 0 Å². The standard InChI is InChI=1S/C21H19N7OS/c1-14-9-17(30-26-14)10-19-24-18-6-8-28(16-11-23-27(2)12-16)20(18)21(25-19)29-13-15-5-3-4-7-22-15/h3-9,11-12H,10,13H2,1-2H3. The van der Waals surface area contributed by atoms with Crippen molar-refractivity contribution in [3.05, 3.63) is 77.2 Å². The molecule has 0 atom stereocenters. The van der Waals surface area contributed by atoms with Gasteiger partial charge in [-0.3, -0.25) is 9.67 Å². The Balaban J connectivity index is 1.57. The molecule has 30 heavy (non-hydrogen) atoms. The fourth-order valence-corrected chi connectivity index (χ4v) is 4.00. The van der Waals surface area contributed by atoms with E-state index in [1.165, 1.54) is 11.5 Å². The van der Waals surface area contributed by atoms with Crippen molar-refractivity contribution >= 4 is 22.6 Å². The van der Waals surface area contributed by atoms with Gasteiger partial charge in [-0.25, -0.2) is 4.98 Å². The summed E-state index contributed by atoms with van der Waals surface area (Å²) in [5, 5.41) is 4.28. The van der Waals surface area contributed by atoms with E-state index in [9.17, 15) is 0 Å². The summed E-state index contributed by atoms with van der Waals surface area (Å²) in [7, 11) is 1.89. The van der Waals surface area contributed by atoms with Crippen LogP contribution in [-0.4, -0.2) is 33.7 Å². The minimum atomic E-state index is 0.324. The molecule has 0 bridgehead atoms. The highest BCUT2D eigenvalue weighted by atomic mass is 32.1. The first-order valence-electron chi connectivity index (χ1n) is 9.47. The predicted octanol–water partition coefficient (Wildman–Crippen LogP) is 3.48. The minimum absolute atomic E-state index is 0.324. The average Bonchev–Trinajstić information content (AvgIpc) is 3.47. The lowest BCUT2D eigenvalue weighted by Gasteiger charge is -2.10. The number of fused-ring (bicyclic) bond motifs is 1. The van der Waals surface area contributed by atoms with Crippen LogP contribution in [0.5, 0.6) is 5.88 Å². The SMILES string of the molecule is Cc1cc(Cc2nc(OCc3ccccn3)c3c(ccn3-c3cnn(C)c3)n2)sn1. The second-order valence-corrected chi connectivity index (χ2v) is 7.85. The molecule has 150 valence electrons. The molecule has 0 saturated carbocycles. The number of hydrogen-bond donors (Lipinski definition) is 0. The van der Waals surface area contributed by atoms with Crippen LogP contribution in [0.1, 0.15) is 22.1 Å². The van der Waals surface area contributed by atoms with E-state index < -0.39 is 0 Å². The van der Waals surface area contributed by atoms with E-state index in [2.05, 4.69) is 20.5 Å². The Morgan fingerprint density at radius 2 is 2.10 bits per heavy atom. The molecule has 5 aromatic heterocycles. The van der Waals surface area contributed by atoms with E-state index in [0.29, 0.717) is 24.7 Å². The molecule has 0 N–H and O–H groups in total. The third-order valence-corrected chi connectivity index (χ3v) is 5.49. The summed E-state index contributed by atoms with van der Waals surface area (Å²) in [6.45, 7) is 2.31. The van der Waals surface area contributed by atoms with E-state index in [4.69, 9.17) is 14.7 Å². The Hall–Kier alpha value is -3.59. The summed E-state index contributed by atoms with van der Waals surface area (Å²) in [5.74, 6) is 1.22. The van der Waals surface area contributed by atoms with Gasteiger partial charge >= 0.3 is 0 Å². The summed E-state index contributed by atoms with van der Waals surface area (Å²) in [5.41, 5.74) is 4.39. The van der Waals surface area contributed by atoms with Crippen LogP contribution in [0.3, 0.4) is 0 Å². The summed E-state index contributed by atoms with van der Waals surface area (Å²) in [6.07, 6.45) is 8.07. The van der Waals surface area contributed by atoms with Gasteiger partial charge in [-0.1, -0.05) is 6.07 Å². The molecule has 0 unspecified atom stereocenters. The molecule has 5 heterocycles. The number of aryl methyl sites for hydroxylation is 2. The summed E-state index contributed by atoms with van der Waals surface area (Å²) in [4.78, 5) is 15.0. The van der Waals surface area contributed by atoms with Gasteiger partial charge < -0.3 is 9.30 Å². The lowest BCUT2D eigenvalue weighted by Crippen LogP contribution is -2.05. The summed E-state index contributed by atoms with van der Waals surface area (Å²) >= 11 is 1.47. The Bertz CT molecular complexity index is 1310. The first-order valence-corrected chi connectivity index (χ1v) is 10.2. The van der Waals surface area contributed by atoms with Crippen molar-refractivity contribution in [2.45, 2.75) is 20.0 Å². The van der Waals surface area contributed by atoms with Crippen LogP contribution in [0.4, 0.5) is 0 Å². The number of aromatic nitrogens is 7. The normalized spacial score (nSPS) is 11.3. The minimum Gasteiger partial charge on any atom is -0.470 e. The second kappa shape index (κ2) is 7.68. The van der Waals surface area contributed by atoms with Gasteiger partial charge in [0.05, 0.1) is 28.8 Å². The van der Waals surface area contributed by atoms with Crippen LogP contribution in [0.2, 0.25) is 0 Å². The third-order valence-electron chi connectivity index (χ3n) is 4.61. The van der Waals surface area contributed by atoms with Crippen LogP contribution in [-0.2, 0) is 20.1 Å². The van der Waals surface area contributed by atoms with Crippen LogP contribution >= 0.6 is 11.5 Å². The van der Waals surface area contributed by atoms with E-state index in [0.717, 1.165) is 33.0 Å². The fourth-order valence-electron chi connectivity index (χ4n) is 3.27. The maximum Gasteiger partial charge on any atom is 0.242 e.